The van der Waals surface area contributed by atoms with Crippen molar-refractivity contribution in [1.82, 2.24) is 20.3 Å². The highest BCUT2D eigenvalue weighted by atomic mass is 32.2. The lowest BCUT2D eigenvalue weighted by Crippen LogP contribution is -2.58. The zero-order valence-electron chi connectivity index (χ0n) is 22.4. The topological polar surface area (TPSA) is 117 Å². The molecule has 0 bridgehead atoms. The third-order valence-electron chi connectivity index (χ3n) is 7.64. The van der Waals surface area contributed by atoms with Crippen molar-refractivity contribution in [2.24, 2.45) is 5.92 Å². The molecule has 13 heteroatoms. The first-order valence-electron chi connectivity index (χ1n) is 13.8. The van der Waals surface area contributed by atoms with E-state index in [0.717, 1.165) is 72.4 Å². The molecule has 2 atom stereocenters. The molecule has 2 aromatic rings. The number of rotatable bonds is 10. The first-order valence-corrected chi connectivity index (χ1v) is 15.2. The largest absolute Gasteiger partial charge is 0.573 e. The van der Waals surface area contributed by atoms with Gasteiger partial charge in [0, 0.05) is 19.6 Å². The van der Waals surface area contributed by atoms with Crippen molar-refractivity contribution in [2.75, 3.05) is 19.6 Å². The van der Waals surface area contributed by atoms with Crippen molar-refractivity contribution in [3.63, 3.8) is 0 Å². The number of amides is 2. The lowest BCUT2D eigenvalue weighted by atomic mass is 9.86. The van der Waals surface area contributed by atoms with Gasteiger partial charge >= 0.3 is 6.36 Å². The molecule has 1 heterocycles. The van der Waals surface area contributed by atoms with Crippen LogP contribution in [0.15, 0.2) is 47.4 Å². The Morgan fingerprint density at radius 2 is 1.85 bits per heavy atom. The zero-order valence-corrected chi connectivity index (χ0v) is 23.2. The summed E-state index contributed by atoms with van der Waals surface area (Å²) in [4.78, 5) is 25.6. The highest BCUT2D eigenvalue weighted by molar-refractivity contribution is 7.89. The number of nitrogens with zero attached hydrogens (tertiary/aromatic N) is 1. The van der Waals surface area contributed by atoms with Gasteiger partial charge in [0.2, 0.25) is 21.8 Å². The number of ether oxygens (including phenoxy) is 1. The van der Waals surface area contributed by atoms with Crippen LogP contribution in [0.3, 0.4) is 0 Å². The second kappa shape index (κ2) is 12.0. The average Bonchev–Trinajstić information content (AvgIpc) is 3.74. The van der Waals surface area contributed by atoms with Crippen LogP contribution in [0.1, 0.15) is 54.8 Å². The molecule has 41 heavy (non-hydrogen) atoms. The van der Waals surface area contributed by atoms with Crippen molar-refractivity contribution in [1.29, 1.82) is 0 Å². The quantitative estimate of drug-likeness (QED) is 0.389. The predicted octanol–water partition coefficient (Wildman–Crippen LogP) is 3.16. The molecule has 0 aromatic heterocycles. The molecule has 1 saturated heterocycles. The van der Waals surface area contributed by atoms with Gasteiger partial charge in [-0.1, -0.05) is 18.2 Å². The van der Waals surface area contributed by atoms with E-state index in [9.17, 15) is 31.2 Å². The number of sulfonamides is 1. The maximum absolute atomic E-state index is 13.4. The van der Waals surface area contributed by atoms with E-state index >= 15 is 0 Å². The van der Waals surface area contributed by atoms with E-state index in [-0.39, 0.29) is 24.0 Å². The smallest absolute Gasteiger partial charge is 0.406 e. The van der Waals surface area contributed by atoms with Crippen LogP contribution >= 0.6 is 0 Å². The second-order valence-electron chi connectivity index (χ2n) is 10.8. The summed E-state index contributed by atoms with van der Waals surface area (Å²) in [6, 6.07) is 8.44. The minimum absolute atomic E-state index is 0.0410. The Kier molecular flexibility index (Phi) is 8.57. The highest BCUT2D eigenvalue weighted by Gasteiger charge is 2.40. The van der Waals surface area contributed by atoms with E-state index in [1.54, 1.807) is 0 Å². The molecule has 2 aromatic carbocycles. The molecular weight excluding hydrogens is 561 g/mol. The van der Waals surface area contributed by atoms with E-state index in [0.29, 0.717) is 0 Å². The van der Waals surface area contributed by atoms with Crippen LogP contribution in [-0.2, 0) is 32.6 Å². The third-order valence-corrected chi connectivity index (χ3v) is 9.56. The number of hydrogen-bond acceptors (Lipinski definition) is 6. The fourth-order valence-corrected chi connectivity index (χ4v) is 7.01. The summed E-state index contributed by atoms with van der Waals surface area (Å²) in [7, 11) is -4.30. The monoisotopic (exact) mass is 594 g/mol. The van der Waals surface area contributed by atoms with Crippen LogP contribution in [-0.4, -0.2) is 56.6 Å². The lowest BCUT2D eigenvalue weighted by molar-refractivity contribution is -0.274. The number of nitrogens with one attached hydrogen (secondary N) is 3. The maximum Gasteiger partial charge on any atom is 0.573 e. The van der Waals surface area contributed by atoms with Crippen molar-refractivity contribution >= 4 is 21.8 Å². The fraction of sp³-hybridized carbons (Fsp3) is 0.500. The Balaban J connectivity index is 1.25. The molecule has 0 radical (unpaired) electrons. The molecule has 9 nitrogen and oxygen atoms in total. The number of halogens is 3. The number of aryl methyl sites for hydroxylation is 1. The van der Waals surface area contributed by atoms with Crippen molar-refractivity contribution in [2.45, 2.75) is 68.4 Å². The molecule has 2 aliphatic carbocycles. The maximum atomic E-state index is 13.4. The summed E-state index contributed by atoms with van der Waals surface area (Å²) in [6.07, 6.45) is -0.217. The van der Waals surface area contributed by atoms with Crippen molar-refractivity contribution in [3.8, 4) is 5.75 Å². The lowest BCUT2D eigenvalue weighted by Gasteiger charge is -2.34. The molecule has 1 aliphatic heterocycles. The van der Waals surface area contributed by atoms with E-state index in [1.165, 1.54) is 24.0 Å². The Labute approximate surface area is 236 Å². The molecular formula is C28H33F3N4O5S. The van der Waals surface area contributed by atoms with E-state index < -0.39 is 46.4 Å². The minimum atomic E-state index is -4.92. The van der Waals surface area contributed by atoms with Gasteiger partial charge in [0.25, 0.3) is 0 Å². The molecule has 2 amide bonds. The number of benzene rings is 2. The number of hydrogen-bond donors (Lipinski definition) is 3. The van der Waals surface area contributed by atoms with Gasteiger partial charge in [0.05, 0.1) is 17.4 Å². The highest BCUT2D eigenvalue weighted by Crippen LogP contribution is 2.32. The number of carbonyl (C=O) groups is 2. The van der Waals surface area contributed by atoms with Gasteiger partial charge in [-0.15, -0.1) is 13.2 Å². The SMILES string of the molecule is O=C(C[C@@H]1C(=O)NCCN1S(=O)(=O)c1ccc(OC(F)(F)F)cc1)N[C@@H]1CCCc2cc(CNCC3CC3)ccc21. The van der Waals surface area contributed by atoms with Gasteiger partial charge in [0.1, 0.15) is 11.8 Å². The van der Waals surface area contributed by atoms with Gasteiger partial charge in [0.15, 0.2) is 0 Å². The van der Waals surface area contributed by atoms with Crippen LogP contribution in [0.25, 0.3) is 0 Å². The van der Waals surface area contributed by atoms with Gasteiger partial charge in [-0.3, -0.25) is 9.59 Å². The first kappa shape index (κ1) is 29.3. The fourth-order valence-electron chi connectivity index (χ4n) is 5.42. The number of alkyl halides is 3. The van der Waals surface area contributed by atoms with E-state index in [4.69, 9.17) is 0 Å². The molecule has 0 unspecified atom stereocenters. The summed E-state index contributed by atoms with van der Waals surface area (Å²) in [5.41, 5.74) is 3.38. The van der Waals surface area contributed by atoms with Gasteiger partial charge in [-0.25, -0.2) is 8.42 Å². The van der Waals surface area contributed by atoms with Gasteiger partial charge in [-0.2, -0.15) is 4.31 Å². The Bertz CT molecular complexity index is 1380. The third kappa shape index (κ3) is 7.38. The van der Waals surface area contributed by atoms with Crippen LogP contribution in [0.5, 0.6) is 5.75 Å². The Morgan fingerprint density at radius 1 is 1.10 bits per heavy atom. The summed E-state index contributed by atoms with van der Waals surface area (Å²) >= 11 is 0. The van der Waals surface area contributed by atoms with Crippen LogP contribution < -0.4 is 20.7 Å². The average molecular weight is 595 g/mol. The normalized spacial score (nSPS) is 21.6. The molecule has 2 fully saturated rings. The summed E-state index contributed by atoms with van der Waals surface area (Å²) in [6.45, 7) is 1.77. The summed E-state index contributed by atoms with van der Waals surface area (Å²) < 4.78 is 68.9. The van der Waals surface area contributed by atoms with Crippen LogP contribution in [0.4, 0.5) is 13.2 Å². The Hall–Kier alpha value is -3.16. The predicted molar refractivity (Wildman–Crippen MR) is 143 cm³/mol. The second-order valence-corrected chi connectivity index (χ2v) is 12.7. The summed E-state index contributed by atoms with van der Waals surface area (Å²) in [5, 5.41) is 9.08. The van der Waals surface area contributed by atoms with Crippen molar-refractivity contribution < 1.29 is 35.9 Å². The molecule has 5 rings (SSSR count). The number of fused-ring (bicyclic) bond motifs is 1. The van der Waals surface area contributed by atoms with Gasteiger partial charge < -0.3 is 20.7 Å². The summed E-state index contributed by atoms with van der Waals surface area (Å²) in [5.74, 6) is -0.852. The van der Waals surface area contributed by atoms with Crippen LogP contribution in [0.2, 0.25) is 0 Å². The number of carbonyl (C=O) groups excluding carboxylic acids is 2. The number of piperazine rings is 1. The van der Waals surface area contributed by atoms with Crippen LogP contribution in [0, 0.1) is 5.92 Å². The standard InChI is InChI=1S/C28H33F3N4O5S/c29-28(30,31)40-21-7-9-22(10-8-21)41(38,39)35-13-12-33-27(37)25(35)15-26(36)34-24-3-1-2-20-14-19(6-11-23(20)24)17-32-16-18-4-5-18/h6-11,14,18,24-25,32H,1-5,12-13,15-17H2,(H,33,37)(H,34,36)/t24-,25-/m1/s1. The first-order chi connectivity index (χ1) is 19.5. The molecule has 0 spiro atoms. The Morgan fingerprint density at radius 3 is 2.56 bits per heavy atom. The van der Waals surface area contributed by atoms with Crippen molar-refractivity contribution in [3.05, 3.63) is 59.2 Å². The minimum Gasteiger partial charge on any atom is -0.406 e. The molecule has 3 N–H and O–H groups in total. The molecule has 1 saturated carbocycles. The van der Waals surface area contributed by atoms with E-state index in [2.05, 4.69) is 32.8 Å². The van der Waals surface area contributed by atoms with E-state index in [1.807, 2.05) is 6.07 Å². The van der Waals surface area contributed by atoms with Gasteiger partial charge in [-0.05, 0) is 85.5 Å². The molecule has 3 aliphatic rings. The molecule has 222 valence electrons. The zero-order chi connectivity index (χ0) is 29.2.